The van der Waals surface area contributed by atoms with Crippen molar-refractivity contribution in [2.24, 2.45) is 0 Å². The third kappa shape index (κ3) is 1.51. The molecular weight excluding hydrogens is 222 g/mol. The van der Waals surface area contributed by atoms with Crippen molar-refractivity contribution in [2.75, 3.05) is 13.6 Å². The lowest BCUT2D eigenvalue weighted by molar-refractivity contribution is 0.0650. The van der Waals surface area contributed by atoms with Gasteiger partial charge in [0.2, 0.25) is 0 Å². The molecule has 1 fully saturated rings. The number of nitrogens with zero attached hydrogens (tertiary/aromatic N) is 1. The van der Waals surface area contributed by atoms with Crippen LogP contribution in [0.15, 0.2) is 18.2 Å². The van der Waals surface area contributed by atoms with Crippen molar-refractivity contribution in [3.63, 3.8) is 0 Å². The second-order valence-electron chi connectivity index (χ2n) is 6.25. The molecule has 1 aliphatic carbocycles. The van der Waals surface area contributed by atoms with Crippen LogP contribution in [-0.2, 0) is 5.41 Å². The molecule has 96 valence electrons. The van der Waals surface area contributed by atoms with Crippen molar-refractivity contribution < 1.29 is 4.79 Å². The number of amides is 1. The Hall–Kier alpha value is -1.31. The summed E-state index contributed by atoms with van der Waals surface area (Å²) in [5, 5.41) is 0. The fourth-order valence-corrected chi connectivity index (χ4v) is 3.39. The zero-order valence-corrected chi connectivity index (χ0v) is 11.5. The number of hydrogen-bond acceptors (Lipinski definition) is 1. The smallest absolute Gasteiger partial charge is 0.253 e. The molecule has 0 bridgehead atoms. The van der Waals surface area contributed by atoms with Crippen LogP contribution in [0.25, 0.3) is 0 Å². The van der Waals surface area contributed by atoms with Gasteiger partial charge in [0, 0.05) is 24.6 Å². The van der Waals surface area contributed by atoms with E-state index in [1.807, 2.05) is 18.0 Å². The zero-order valence-electron chi connectivity index (χ0n) is 11.5. The summed E-state index contributed by atoms with van der Waals surface area (Å²) in [6.45, 7) is 5.33. The number of carbonyl (C=O) groups excluding carboxylic acids is 1. The van der Waals surface area contributed by atoms with Crippen LogP contribution in [0.3, 0.4) is 0 Å². The minimum atomic E-state index is 0.192. The van der Waals surface area contributed by atoms with Gasteiger partial charge in [0.05, 0.1) is 0 Å². The maximum atomic E-state index is 12.3. The Morgan fingerprint density at radius 2 is 2.00 bits per heavy atom. The van der Waals surface area contributed by atoms with E-state index in [4.69, 9.17) is 0 Å². The van der Waals surface area contributed by atoms with E-state index in [0.717, 1.165) is 12.1 Å². The van der Waals surface area contributed by atoms with E-state index in [1.165, 1.54) is 30.4 Å². The fourth-order valence-electron chi connectivity index (χ4n) is 3.39. The Kier molecular flexibility index (Phi) is 2.51. The summed E-state index contributed by atoms with van der Waals surface area (Å²) < 4.78 is 0. The highest BCUT2D eigenvalue weighted by Gasteiger charge is 2.46. The highest BCUT2D eigenvalue weighted by Crippen LogP contribution is 2.48. The van der Waals surface area contributed by atoms with E-state index in [0.29, 0.717) is 5.92 Å². The molecule has 2 nitrogen and oxygen atoms in total. The first-order chi connectivity index (χ1) is 8.53. The summed E-state index contributed by atoms with van der Waals surface area (Å²) in [5.74, 6) is 0.722. The lowest BCUT2D eigenvalue weighted by Crippen LogP contribution is -2.51. The second kappa shape index (κ2) is 3.84. The van der Waals surface area contributed by atoms with Crippen LogP contribution in [0.4, 0.5) is 0 Å². The largest absolute Gasteiger partial charge is 0.341 e. The molecule has 1 heterocycles. The van der Waals surface area contributed by atoms with Gasteiger partial charge >= 0.3 is 0 Å². The minimum Gasteiger partial charge on any atom is -0.341 e. The molecule has 2 aliphatic rings. The third-order valence-corrected chi connectivity index (χ3v) is 4.71. The molecule has 0 radical (unpaired) electrons. The van der Waals surface area contributed by atoms with Crippen LogP contribution in [0, 0.1) is 0 Å². The highest BCUT2D eigenvalue weighted by atomic mass is 16.2. The first kappa shape index (κ1) is 11.8. The number of carbonyl (C=O) groups is 1. The second-order valence-corrected chi connectivity index (χ2v) is 6.25. The Bertz CT molecular complexity index is 500. The van der Waals surface area contributed by atoms with Crippen molar-refractivity contribution in [3.05, 3.63) is 34.9 Å². The van der Waals surface area contributed by atoms with Gasteiger partial charge in [0.25, 0.3) is 5.91 Å². The maximum absolute atomic E-state index is 12.3. The average Bonchev–Trinajstić information content (AvgIpc) is 2.31. The van der Waals surface area contributed by atoms with Gasteiger partial charge in [-0.15, -0.1) is 0 Å². The third-order valence-electron chi connectivity index (χ3n) is 4.71. The van der Waals surface area contributed by atoms with Crippen LogP contribution in [-0.4, -0.2) is 24.4 Å². The predicted molar refractivity (Wildman–Crippen MR) is 73.0 cm³/mol. The van der Waals surface area contributed by atoms with Crippen LogP contribution in [0.5, 0.6) is 0 Å². The molecule has 0 aromatic heterocycles. The number of rotatable bonds is 1. The van der Waals surface area contributed by atoms with Gasteiger partial charge in [0.15, 0.2) is 0 Å². The van der Waals surface area contributed by atoms with Gasteiger partial charge in [-0.2, -0.15) is 0 Å². The Morgan fingerprint density at radius 3 is 2.56 bits per heavy atom. The van der Waals surface area contributed by atoms with Crippen LogP contribution < -0.4 is 0 Å². The van der Waals surface area contributed by atoms with E-state index in [2.05, 4.69) is 26.0 Å². The summed E-state index contributed by atoms with van der Waals surface area (Å²) in [6, 6.07) is 6.46. The van der Waals surface area contributed by atoms with Crippen molar-refractivity contribution in [1.29, 1.82) is 0 Å². The summed E-state index contributed by atoms with van der Waals surface area (Å²) in [5.41, 5.74) is 3.89. The van der Waals surface area contributed by atoms with Crippen LogP contribution in [0.1, 0.15) is 60.5 Å². The first-order valence-corrected chi connectivity index (χ1v) is 6.93. The van der Waals surface area contributed by atoms with Crippen molar-refractivity contribution in [2.45, 2.75) is 44.4 Å². The molecule has 1 spiro atoms. The van der Waals surface area contributed by atoms with E-state index in [1.54, 1.807) is 0 Å². The number of fused-ring (bicyclic) bond motifs is 2. The molecule has 3 rings (SSSR count). The Labute approximate surface area is 109 Å². The molecule has 0 unspecified atom stereocenters. The average molecular weight is 243 g/mol. The molecule has 0 saturated heterocycles. The molecule has 1 aromatic rings. The Balaban J connectivity index is 2.14. The van der Waals surface area contributed by atoms with E-state index in [-0.39, 0.29) is 11.3 Å². The zero-order chi connectivity index (χ0) is 12.9. The van der Waals surface area contributed by atoms with Crippen molar-refractivity contribution in [3.8, 4) is 0 Å². The number of benzene rings is 1. The SMILES string of the molecule is CC(C)c1ccc2c(c1)C1(CCC1)CN(C)C2=O. The molecule has 18 heavy (non-hydrogen) atoms. The molecule has 0 N–H and O–H groups in total. The summed E-state index contributed by atoms with van der Waals surface area (Å²) in [7, 11) is 1.93. The topological polar surface area (TPSA) is 20.3 Å². The molecule has 1 saturated carbocycles. The van der Waals surface area contributed by atoms with Gasteiger partial charge in [-0.3, -0.25) is 4.79 Å². The molecule has 1 aromatic carbocycles. The molecule has 0 atom stereocenters. The minimum absolute atomic E-state index is 0.192. The van der Waals surface area contributed by atoms with Gasteiger partial charge < -0.3 is 4.90 Å². The first-order valence-electron chi connectivity index (χ1n) is 6.93. The lowest BCUT2D eigenvalue weighted by atomic mass is 9.61. The number of likely N-dealkylation sites (N-methyl/N-ethyl adjacent to an activating group) is 1. The normalized spacial score (nSPS) is 21.1. The maximum Gasteiger partial charge on any atom is 0.253 e. The van der Waals surface area contributed by atoms with Crippen LogP contribution in [0.2, 0.25) is 0 Å². The quantitative estimate of drug-likeness (QED) is 0.741. The molecule has 1 amide bonds. The fraction of sp³-hybridized carbons (Fsp3) is 0.562. The van der Waals surface area contributed by atoms with Crippen molar-refractivity contribution >= 4 is 5.91 Å². The molecule has 1 aliphatic heterocycles. The van der Waals surface area contributed by atoms with Gasteiger partial charge in [-0.1, -0.05) is 32.4 Å². The van der Waals surface area contributed by atoms with Gasteiger partial charge in [-0.25, -0.2) is 0 Å². The summed E-state index contributed by atoms with van der Waals surface area (Å²) in [4.78, 5) is 14.2. The van der Waals surface area contributed by atoms with Gasteiger partial charge in [-0.05, 0) is 36.0 Å². The summed E-state index contributed by atoms with van der Waals surface area (Å²) >= 11 is 0. The van der Waals surface area contributed by atoms with E-state index in [9.17, 15) is 4.79 Å². The van der Waals surface area contributed by atoms with E-state index < -0.39 is 0 Å². The molecular formula is C16H21NO. The molecule has 2 heteroatoms. The Morgan fingerprint density at radius 1 is 1.28 bits per heavy atom. The monoisotopic (exact) mass is 243 g/mol. The predicted octanol–water partition coefficient (Wildman–Crippen LogP) is 3.32. The lowest BCUT2D eigenvalue weighted by Gasteiger charge is -2.49. The van der Waals surface area contributed by atoms with Crippen LogP contribution >= 0.6 is 0 Å². The van der Waals surface area contributed by atoms with Crippen molar-refractivity contribution in [1.82, 2.24) is 4.90 Å². The standard InChI is InChI=1S/C16H21NO/c1-11(2)12-5-6-13-14(9-12)16(7-4-8-16)10-17(3)15(13)18/h5-6,9,11H,4,7-8,10H2,1-3H3. The van der Waals surface area contributed by atoms with Gasteiger partial charge in [0.1, 0.15) is 0 Å². The number of hydrogen-bond donors (Lipinski definition) is 0. The highest BCUT2D eigenvalue weighted by molar-refractivity contribution is 5.97. The summed E-state index contributed by atoms with van der Waals surface area (Å²) in [6.07, 6.45) is 3.77. The van der Waals surface area contributed by atoms with E-state index >= 15 is 0 Å².